The molecule has 2 N–H and O–H groups in total. The Bertz CT molecular complexity index is 293. The summed E-state index contributed by atoms with van der Waals surface area (Å²) in [6, 6.07) is 0. The van der Waals surface area contributed by atoms with Crippen molar-refractivity contribution in [3.05, 3.63) is 0 Å². The largest absolute Gasteiger partial charge is 0.481 e. The Morgan fingerprint density at radius 1 is 1.31 bits per heavy atom. The predicted octanol–water partition coefficient (Wildman–Crippen LogP) is -0.246. The van der Waals surface area contributed by atoms with E-state index in [1.165, 1.54) is 6.92 Å². The summed E-state index contributed by atoms with van der Waals surface area (Å²) in [6.45, 7) is 1.38. The average molecular weight is 184 g/mol. The van der Waals surface area contributed by atoms with Crippen LogP contribution >= 0.6 is 0 Å². The van der Waals surface area contributed by atoms with Crippen LogP contribution in [0.1, 0.15) is 13.3 Å². The summed E-state index contributed by atoms with van der Waals surface area (Å²) in [7, 11) is 0. The van der Waals surface area contributed by atoms with Crippen molar-refractivity contribution in [3.8, 4) is 11.8 Å². The summed E-state index contributed by atoms with van der Waals surface area (Å²) < 4.78 is 0. The summed E-state index contributed by atoms with van der Waals surface area (Å²) >= 11 is 0. The van der Waals surface area contributed by atoms with Crippen LogP contribution < -0.4 is 0 Å². The van der Waals surface area contributed by atoms with Crippen LogP contribution in [0.15, 0.2) is 0 Å². The fourth-order valence-electron chi connectivity index (χ4n) is 0.675. The Labute approximate surface area is 74.4 Å². The van der Waals surface area contributed by atoms with E-state index in [2.05, 4.69) is 11.8 Å². The number of carboxylic acid groups (broad SMARTS) is 2. The van der Waals surface area contributed by atoms with E-state index < -0.39 is 30.1 Å². The van der Waals surface area contributed by atoms with E-state index in [4.69, 9.17) is 10.2 Å². The van der Waals surface area contributed by atoms with Gasteiger partial charge >= 0.3 is 11.9 Å². The van der Waals surface area contributed by atoms with Gasteiger partial charge in [0.25, 0.3) is 0 Å². The molecule has 0 aromatic heterocycles. The number of Topliss-reactive ketones (excluding diaryl/α,β-unsaturated/α-hetero) is 1. The van der Waals surface area contributed by atoms with Crippen LogP contribution in [0.5, 0.6) is 0 Å². The maximum atomic E-state index is 10.9. The first-order chi connectivity index (χ1) is 5.99. The molecule has 0 aromatic carbocycles. The second kappa shape index (κ2) is 4.93. The zero-order valence-electron chi connectivity index (χ0n) is 6.90. The molecule has 0 spiro atoms. The van der Waals surface area contributed by atoms with Gasteiger partial charge in [0.05, 0.1) is 0 Å². The van der Waals surface area contributed by atoms with Crippen LogP contribution in [-0.4, -0.2) is 27.9 Å². The molecule has 0 fully saturated rings. The normalized spacial score (nSPS) is 10.8. The Kier molecular flexibility index (Phi) is 4.24. The molecule has 0 aromatic rings. The van der Waals surface area contributed by atoms with Crippen molar-refractivity contribution in [2.75, 3.05) is 0 Å². The standard InChI is InChI=1S/C8H8O5/c1-2-3-5(8(12)13)6(9)4-7(10)11/h5H,4H2,1H3,(H,10,11)(H,12,13). The van der Waals surface area contributed by atoms with Gasteiger partial charge in [0.1, 0.15) is 6.42 Å². The van der Waals surface area contributed by atoms with E-state index in [9.17, 15) is 14.4 Å². The number of carboxylic acids is 2. The van der Waals surface area contributed by atoms with Gasteiger partial charge in [0.2, 0.25) is 0 Å². The molecule has 0 aliphatic heterocycles. The van der Waals surface area contributed by atoms with Crippen molar-refractivity contribution >= 4 is 17.7 Å². The van der Waals surface area contributed by atoms with Gasteiger partial charge in [-0.25, -0.2) is 0 Å². The lowest BCUT2D eigenvalue weighted by molar-refractivity contribution is -0.146. The van der Waals surface area contributed by atoms with Crippen LogP contribution in [0.4, 0.5) is 0 Å². The molecule has 1 atom stereocenters. The summed E-state index contributed by atoms with van der Waals surface area (Å²) in [4.78, 5) is 31.4. The van der Waals surface area contributed by atoms with E-state index in [0.29, 0.717) is 0 Å². The van der Waals surface area contributed by atoms with Crippen molar-refractivity contribution < 1.29 is 24.6 Å². The lowest BCUT2D eigenvalue weighted by Gasteiger charge is -2.00. The zero-order chi connectivity index (χ0) is 10.4. The second-order valence-electron chi connectivity index (χ2n) is 2.20. The summed E-state index contributed by atoms with van der Waals surface area (Å²) in [5, 5.41) is 16.7. The van der Waals surface area contributed by atoms with Crippen molar-refractivity contribution in [2.24, 2.45) is 5.92 Å². The van der Waals surface area contributed by atoms with Gasteiger partial charge in [-0.3, -0.25) is 14.4 Å². The highest BCUT2D eigenvalue weighted by molar-refractivity contribution is 6.07. The minimum absolute atomic E-state index is 0.814. The molecule has 0 amide bonds. The number of hydrogen-bond donors (Lipinski definition) is 2. The second-order valence-corrected chi connectivity index (χ2v) is 2.20. The third kappa shape index (κ3) is 3.91. The minimum atomic E-state index is -1.53. The van der Waals surface area contributed by atoms with E-state index in [1.807, 2.05) is 0 Å². The van der Waals surface area contributed by atoms with Gasteiger partial charge in [-0.05, 0) is 6.92 Å². The molecule has 0 bridgehead atoms. The lowest BCUT2D eigenvalue weighted by atomic mass is 10.0. The quantitative estimate of drug-likeness (QED) is 0.464. The van der Waals surface area contributed by atoms with Gasteiger partial charge in [0.15, 0.2) is 11.7 Å². The minimum Gasteiger partial charge on any atom is -0.481 e. The van der Waals surface area contributed by atoms with Crippen LogP contribution in [0.25, 0.3) is 0 Å². The third-order valence-corrected chi connectivity index (χ3v) is 1.18. The van der Waals surface area contributed by atoms with E-state index >= 15 is 0 Å². The molecule has 0 rings (SSSR count). The molecule has 70 valence electrons. The summed E-state index contributed by atoms with van der Waals surface area (Å²) in [5.41, 5.74) is 0. The van der Waals surface area contributed by atoms with Gasteiger partial charge in [-0.1, -0.05) is 5.92 Å². The smallest absolute Gasteiger partial charge is 0.326 e. The molecule has 5 nitrogen and oxygen atoms in total. The maximum Gasteiger partial charge on any atom is 0.326 e. The van der Waals surface area contributed by atoms with Crippen molar-refractivity contribution in [2.45, 2.75) is 13.3 Å². The first kappa shape index (κ1) is 11.2. The van der Waals surface area contributed by atoms with Gasteiger partial charge in [-0.15, -0.1) is 5.92 Å². The molecular weight excluding hydrogens is 176 g/mol. The van der Waals surface area contributed by atoms with E-state index in [1.54, 1.807) is 0 Å². The molecule has 0 aliphatic rings. The van der Waals surface area contributed by atoms with Crippen LogP contribution in [0.3, 0.4) is 0 Å². The SMILES string of the molecule is CC#CC(C(=O)O)C(=O)CC(=O)O. The van der Waals surface area contributed by atoms with Gasteiger partial charge < -0.3 is 10.2 Å². The molecular formula is C8H8O5. The molecule has 13 heavy (non-hydrogen) atoms. The van der Waals surface area contributed by atoms with Gasteiger partial charge in [-0.2, -0.15) is 0 Å². The zero-order valence-corrected chi connectivity index (χ0v) is 6.90. The summed E-state index contributed by atoms with van der Waals surface area (Å²) in [5.74, 6) is -0.820. The first-order valence-electron chi connectivity index (χ1n) is 3.38. The number of aliphatic carboxylic acids is 2. The molecule has 0 saturated heterocycles. The fraction of sp³-hybridized carbons (Fsp3) is 0.375. The van der Waals surface area contributed by atoms with Gasteiger partial charge in [0, 0.05) is 0 Å². The molecule has 0 aliphatic carbocycles. The molecule has 0 radical (unpaired) electrons. The molecule has 5 heteroatoms. The van der Waals surface area contributed by atoms with Crippen molar-refractivity contribution in [1.82, 2.24) is 0 Å². The fourth-order valence-corrected chi connectivity index (χ4v) is 0.675. The number of hydrogen-bond acceptors (Lipinski definition) is 3. The number of ketones is 1. The van der Waals surface area contributed by atoms with E-state index in [-0.39, 0.29) is 0 Å². The monoisotopic (exact) mass is 184 g/mol. The lowest BCUT2D eigenvalue weighted by Crippen LogP contribution is -2.24. The number of carbonyl (C=O) groups excluding carboxylic acids is 1. The van der Waals surface area contributed by atoms with Crippen LogP contribution in [0.2, 0.25) is 0 Å². The Morgan fingerprint density at radius 3 is 2.15 bits per heavy atom. The van der Waals surface area contributed by atoms with Crippen LogP contribution in [0, 0.1) is 17.8 Å². The maximum absolute atomic E-state index is 10.9. The predicted molar refractivity (Wildman–Crippen MR) is 41.8 cm³/mol. The Hall–Kier alpha value is -1.83. The number of carbonyl (C=O) groups is 3. The molecule has 1 unspecified atom stereocenters. The average Bonchev–Trinajstić information content (AvgIpc) is 1.97. The highest BCUT2D eigenvalue weighted by Crippen LogP contribution is 2.00. The van der Waals surface area contributed by atoms with Crippen molar-refractivity contribution in [1.29, 1.82) is 0 Å². The highest BCUT2D eigenvalue weighted by atomic mass is 16.4. The number of rotatable bonds is 4. The van der Waals surface area contributed by atoms with Crippen molar-refractivity contribution in [3.63, 3.8) is 0 Å². The summed E-state index contributed by atoms with van der Waals surface area (Å²) in [6.07, 6.45) is -0.814. The topological polar surface area (TPSA) is 91.7 Å². The Balaban J connectivity index is 4.53. The third-order valence-electron chi connectivity index (χ3n) is 1.18. The molecule has 0 heterocycles. The molecule has 0 saturated carbocycles. The first-order valence-corrected chi connectivity index (χ1v) is 3.38. The van der Waals surface area contributed by atoms with Crippen LogP contribution in [-0.2, 0) is 14.4 Å². The Morgan fingerprint density at radius 2 is 1.85 bits per heavy atom. The van der Waals surface area contributed by atoms with E-state index in [0.717, 1.165) is 0 Å². The highest BCUT2D eigenvalue weighted by Gasteiger charge is 2.25.